The summed E-state index contributed by atoms with van der Waals surface area (Å²) in [6, 6.07) is 4.71. The van der Waals surface area contributed by atoms with Gasteiger partial charge in [0.15, 0.2) is 0 Å². The molecule has 1 aromatic rings. The van der Waals surface area contributed by atoms with Gasteiger partial charge >= 0.3 is 0 Å². The van der Waals surface area contributed by atoms with Crippen molar-refractivity contribution in [3.63, 3.8) is 0 Å². The molecule has 2 nitrogen and oxygen atoms in total. The molecule has 4 heteroatoms. The molecule has 1 heterocycles. The first-order valence-electron chi connectivity index (χ1n) is 6.29. The third kappa shape index (κ3) is 3.48. The van der Waals surface area contributed by atoms with Crippen molar-refractivity contribution in [3.05, 3.63) is 35.1 Å². The van der Waals surface area contributed by atoms with Gasteiger partial charge < -0.3 is 5.32 Å². The zero-order valence-electron chi connectivity index (χ0n) is 10.5. The summed E-state index contributed by atoms with van der Waals surface area (Å²) in [6.45, 7) is 2.47. The lowest BCUT2D eigenvalue weighted by Gasteiger charge is -2.21. The van der Waals surface area contributed by atoms with Gasteiger partial charge in [0.2, 0.25) is 0 Å². The van der Waals surface area contributed by atoms with Crippen LogP contribution in [-0.2, 0) is 0 Å². The van der Waals surface area contributed by atoms with Crippen molar-refractivity contribution in [2.45, 2.75) is 19.8 Å². The van der Waals surface area contributed by atoms with Gasteiger partial charge in [0.05, 0.1) is 5.56 Å². The Morgan fingerprint density at radius 1 is 1.44 bits per heavy atom. The number of carbonyl (C=O) groups is 1. The van der Waals surface area contributed by atoms with Crippen LogP contribution in [0, 0.1) is 18.7 Å². The number of thioether (sulfide) groups is 1. The van der Waals surface area contributed by atoms with Gasteiger partial charge in [-0.1, -0.05) is 6.07 Å². The first kappa shape index (κ1) is 13.4. The standard InChI is InChI=1S/C14H18FNOS/c1-10-2-3-12(13(15)8-10)14(17)16-9-11-4-6-18-7-5-11/h2-3,8,11H,4-7,9H2,1H3,(H,16,17). The maximum absolute atomic E-state index is 13.6. The second kappa shape index (κ2) is 6.23. The second-order valence-electron chi connectivity index (χ2n) is 4.75. The summed E-state index contributed by atoms with van der Waals surface area (Å²) in [4.78, 5) is 11.9. The maximum atomic E-state index is 13.6. The minimum atomic E-state index is -0.438. The number of aryl methyl sites for hydroxylation is 1. The number of benzene rings is 1. The predicted octanol–water partition coefficient (Wildman–Crippen LogP) is 3.01. The van der Waals surface area contributed by atoms with E-state index in [1.54, 1.807) is 12.1 Å². The number of hydrogen-bond acceptors (Lipinski definition) is 2. The lowest BCUT2D eigenvalue weighted by atomic mass is 10.0. The van der Waals surface area contributed by atoms with Crippen molar-refractivity contribution < 1.29 is 9.18 Å². The average molecular weight is 267 g/mol. The Balaban J connectivity index is 1.90. The third-order valence-electron chi connectivity index (χ3n) is 3.26. The smallest absolute Gasteiger partial charge is 0.254 e. The summed E-state index contributed by atoms with van der Waals surface area (Å²) < 4.78 is 13.6. The van der Waals surface area contributed by atoms with Gasteiger partial charge in [0, 0.05) is 6.54 Å². The Morgan fingerprint density at radius 3 is 2.83 bits per heavy atom. The Bertz CT molecular complexity index is 430. The molecule has 0 atom stereocenters. The molecular weight excluding hydrogens is 249 g/mol. The van der Waals surface area contributed by atoms with E-state index < -0.39 is 5.82 Å². The first-order chi connectivity index (χ1) is 8.66. The van der Waals surface area contributed by atoms with Gasteiger partial charge in [-0.3, -0.25) is 4.79 Å². The molecule has 18 heavy (non-hydrogen) atoms. The highest BCUT2D eigenvalue weighted by Crippen LogP contribution is 2.22. The van der Waals surface area contributed by atoms with Crippen molar-refractivity contribution in [1.82, 2.24) is 5.32 Å². The van der Waals surface area contributed by atoms with Crippen LogP contribution in [0.15, 0.2) is 18.2 Å². The molecule has 0 unspecified atom stereocenters. The highest BCUT2D eigenvalue weighted by atomic mass is 32.2. The molecule has 1 saturated heterocycles. The first-order valence-corrected chi connectivity index (χ1v) is 7.44. The van der Waals surface area contributed by atoms with Crippen molar-refractivity contribution in [1.29, 1.82) is 0 Å². The molecule has 0 aromatic heterocycles. The number of amides is 1. The Labute approximate surface area is 111 Å². The minimum Gasteiger partial charge on any atom is -0.352 e. The van der Waals surface area contributed by atoms with Gasteiger partial charge in [-0.15, -0.1) is 0 Å². The number of halogens is 1. The molecule has 1 aromatic carbocycles. The lowest BCUT2D eigenvalue weighted by molar-refractivity contribution is 0.0942. The largest absolute Gasteiger partial charge is 0.352 e. The maximum Gasteiger partial charge on any atom is 0.254 e. The van der Waals surface area contributed by atoms with Crippen LogP contribution in [0.3, 0.4) is 0 Å². The zero-order chi connectivity index (χ0) is 13.0. The Kier molecular flexibility index (Phi) is 4.64. The van der Waals surface area contributed by atoms with Crippen molar-refractivity contribution in [3.8, 4) is 0 Å². The number of rotatable bonds is 3. The van der Waals surface area contributed by atoms with E-state index in [1.165, 1.54) is 17.6 Å². The Hall–Kier alpha value is -1.03. The van der Waals surface area contributed by atoms with Gasteiger partial charge in [-0.25, -0.2) is 4.39 Å². The molecule has 0 spiro atoms. The molecule has 0 aliphatic carbocycles. The van der Waals surface area contributed by atoms with Crippen LogP contribution >= 0.6 is 11.8 Å². The van der Waals surface area contributed by atoms with Crippen molar-refractivity contribution in [2.75, 3.05) is 18.1 Å². The number of nitrogens with one attached hydrogen (secondary N) is 1. The van der Waals surface area contributed by atoms with Crippen LogP contribution in [-0.4, -0.2) is 24.0 Å². The van der Waals surface area contributed by atoms with Gasteiger partial charge in [-0.05, 0) is 54.9 Å². The van der Waals surface area contributed by atoms with E-state index >= 15 is 0 Å². The van der Waals surface area contributed by atoms with E-state index in [0.29, 0.717) is 12.5 Å². The molecular formula is C14H18FNOS. The fraction of sp³-hybridized carbons (Fsp3) is 0.500. The summed E-state index contributed by atoms with van der Waals surface area (Å²) in [6.07, 6.45) is 2.28. The fourth-order valence-electron chi connectivity index (χ4n) is 2.09. The molecule has 0 saturated carbocycles. The molecule has 2 rings (SSSR count). The van der Waals surface area contributed by atoms with Crippen LogP contribution in [0.5, 0.6) is 0 Å². The monoisotopic (exact) mass is 267 g/mol. The summed E-state index contributed by atoms with van der Waals surface area (Å²) in [7, 11) is 0. The molecule has 1 N–H and O–H groups in total. The number of hydrogen-bond donors (Lipinski definition) is 1. The fourth-order valence-corrected chi connectivity index (χ4v) is 3.29. The van der Waals surface area contributed by atoms with Gasteiger partial charge in [-0.2, -0.15) is 11.8 Å². The van der Waals surface area contributed by atoms with Crippen LogP contribution < -0.4 is 5.32 Å². The van der Waals surface area contributed by atoms with E-state index in [2.05, 4.69) is 5.32 Å². The predicted molar refractivity (Wildman–Crippen MR) is 73.5 cm³/mol. The van der Waals surface area contributed by atoms with Gasteiger partial charge in [0.1, 0.15) is 5.82 Å². The van der Waals surface area contributed by atoms with E-state index in [4.69, 9.17) is 0 Å². The SMILES string of the molecule is Cc1ccc(C(=O)NCC2CCSCC2)c(F)c1. The second-order valence-corrected chi connectivity index (χ2v) is 5.97. The molecule has 0 radical (unpaired) electrons. The van der Waals surface area contributed by atoms with E-state index in [0.717, 1.165) is 18.4 Å². The van der Waals surface area contributed by atoms with Crippen LogP contribution in [0.25, 0.3) is 0 Å². The highest BCUT2D eigenvalue weighted by Gasteiger charge is 2.16. The summed E-state index contributed by atoms with van der Waals surface area (Å²) in [5.41, 5.74) is 0.971. The minimum absolute atomic E-state index is 0.144. The average Bonchev–Trinajstić information content (AvgIpc) is 2.37. The topological polar surface area (TPSA) is 29.1 Å². The summed E-state index contributed by atoms with van der Waals surface area (Å²) >= 11 is 1.96. The highest BCUT2D eigenvalue weighted by molar-refractivity contribution is 7.99. The van der Waals surface area contributed by atoms with Crippen molar-refractivity contribution >= 4 is 17.7 Å². The van der Waals surface area contributed by atoms with E-state index in [1.807, 2.05) is 18.7 Å². The molecule has 1 amide bonds. The van der Waals surface area contributed by atoms with Gasteiger partial charge in [0.25, 0.3) is 5.91 Å². The molecule has 98 valence electrons. The van der Waals surface area contributed by atoms with E-state index in [-0.39, 0.29) is 11.5 Å². The molecule has 1 fully saturated rings. The third-order valence-corrected chi connectivity index (χ3v) is 4.31. The molecule has 0 bridgehead atoms. The van der Waals surface area contributed by atoms with Crippen LogP contribution in [0.4, 0.5) is 4.39 Å². The quantitative estimate of drug-likeness (QED) is 0.912. The van der Waals surface area contributed by atoms with Crippen LogP contribution in [0.1, 0.15) is 28.8 Å². The van der Waals surface area contributed by atoms with Crippen LogP contribution in [0.2, 0.25) is 0 Å². The summed E-state index contributed by atoms with van der Waals surface area (Å²) in [5.74, 6) is 2.14. The normalized spacial score (nSPS) is 16.6. The van der Waals surface area contributed by atoms with E-state index in [9.17, 15) is 9.18 Å². The van der Waals surface area contributed by atoms with Crippen molar-refractivity contribution in [2.24, 2.45) is 5.92 Å². The summed E-state index contributed by atoms with van der Waals surface area (Å²) in [5, 5.41) is 2.84. The zero-order valence-corrected chi connectivity index (χ0v) is 11.4. The number of carbonyl (C=O) groups excluding carboxylic acids is 1. The molecule has 1 aliphatic heterocycles. The lowest BCUT2D eigenvalue weighted by Crippen LogP contribution is -2.31. The molecule has 1 aliphatic rings. The Morgan fingerprint density at radius 2 is 2.17 bits per heavy atom.